The van der Waals surface area contributed by atoms with Gasteiger partial charge in [-0.05, 0) is 36.6 Å². The van der Waals surface area contributed by atoms with E-state index in [-0.39, 0.29) is 0 Å². The van der Waals surface area contributed by atoms with Crippen LogP contribution in [0.15, 0.2) is 43.0 Å². The van der Waals surface area contributed by atoms with Crippen molar-refractivity contribution in [2.45, 2.75) is 13.3 Å². The van der Waals surface area contributed by atoms with Gasteiger partial charge in [-0.1, -0.05) is 24.3 Å². The second-order valence-electron chi connectivity index (χ2n) is 2.93. The van der Waals surface area contributed by atoms with Gasteiger partial charge in [0, 0.05) is 5.69 Å². The van der Waals surface area contributed by atoms with E-state index in [0.717, 1.165) is 12.1 Å². The fraction of sp³-hybridized carbons (Fsp3) is 0.167. The molecule has 2 N–H and O–H groups in total. The maximum absolute atomic E-state index is 5.60. The summed E-state index contributed by atoms with van der Waals surface area (Å²) in [4.78, 5) is 0. The smallest absolute Gasteiger partial charge is 0.0314 e. The van der Waals surface area contributed by atoms with Crippen molar-refractivity contribution in [1.29, 1.82) is 0 Å². The van der Waals surface area contributed by atoms with Crippen LogP contribution in [0.25, 0.3) is 5.57 Å². The molecule has 0 amide bonds. The number of hydrogen-bond donors (Lipinski definition) is 1. The summed E-state index contributed by atoms with van der Waals surface area (Å²) in [5.74, 6) is 0. The lowest BCUT2D eigenvalue weighted by molar-refractivity contribution is 1.38. The molecule has 0 aromatic heterocycles. The monoisotopic (exact) mass is 173 g/mol. The van der Waals surface area contributed by atoms with Gasteiger partial charge in [-0.25, -0.2) is 0 Å². The van der Waals surface area contributed by atoms with Crippen molar-refractivity contribution >= 4 is 11.3 Å². The summed E-state index contributed by atoms with van der Waals surface area (Å²) >= 11 is 0. The zero-order valence-corrected chi connectivity index (χ0v) is 7.96. The first-order valence-corrected chi connectivity index (χ1v) is 4.40. The molecule has 0 aliphatic rings. The summed E-state index contributed by atoms with van der Waals surface area (Å²) in [5, 5.41) is 0. The third-order valence-electron chi connectivity index (χ3n) is 1.99. The molecular weight excluding hydrogens is 158 g/mol. The van der Waals surface area contributed by atoms with Gasteiger partial charge < -0.3 is 5.73 Å². The van der Waals surface area contributed by atoms with Crippen molar-refractivity contribution in [1.82, 2.24) is 0 Å². The molecule has 0 atom stereocenters. The average Bonchev–Trinajstić information content (AvgIpc) is 2.16. The van der Waals surface area contributed by atoms with Crippen molar-refractivity contribution in [3.05, 3.63) is 48.6 Å². The standard InChI is InChI=1S/C12H15N/c1-3-5-10(4-2)11-6-8-12(13)9-7-11/h3-4,6-9H,1,5,13H2,2H3/b10-4+. The largest absolute Gasteiger partial charge is 0.399 e. The van der Waals surface area contributed by atoms with E-state index in [2.05, 4.69) is 12.7 Å². The van der Waals surface area contributed by atoms with Crippen LogP contribution in [-0.2, 0) is 0 Å². The van der Waals surface area contributed by atoms with Crippen molar-refractivity contribution in [3.8, 4) is 0 Å². The van der Waals surface area contributed by atoms with E-state index < -0.39 is 0 Å². The lowest BCUT2D eigenvalue weighted by Crippen LogP contribution is -1.86. The Morgan fingerprint density at radius 3 is 2.46 bits per heavy atom. The van der Waals surface area contributed by atoms with E-state index in [1.807, 2.05) is 37.3 Å². The Morgan fingerprint density at radius 2 is 2.00 bits per heavy atom. The van der Waals surface area contributed by atoms with Crippen LogP contribution in [0.3, 0.4) is 0 Å². The molecule has 13 heavy (non-hydrogen) atoms. The van der Waals surface area contributed by atoms with Crippen LogP contribution in [-0.4, -0.2) is 0 Å². The molecular formula is C12H15N. The average molecular weight is 173 g/mol. The van der Waals surface area contributed by atoms with Crippen LogP contribution in [0.2, 0.25) is 0 Å². The Morgan fingerprint density at radius 1 is 1.38 bits per heavy atom. The Hall–Kier alpha value is -1.50. The summed E-state index contributed by atoms with van der Waals surface area (Å²) in [5.41, 5.74) is 8.91. The molecule has 0 saturated carbocycles. The first kappa shape index (κ1) is 9.59. The van der Waals surface area contributed by atoms with Crippen LogP contribution in [0, 0.1) is 0 Å². The van der Waals surface area contributed by atoms with Crippen molar-refractivity contribution in [3.63, 3.8) is 0 Å². The topological polar surface area (TPSA) is 26.0 Å². The molecule has 1 nitrogen and oxygen atoms in total. The predicted octanol–water partition coefficient (Wildman–Crippen LogP) is 3.25. The molecule has 0 spiro atoms. The minimum atomic E-state index is 0.804. The summed E-state index contributed by atoms with van der Waals surface area (Å²) in [6.45, 7) is 5.76. The lowest BCUT2D eigenvalue weighted by Gasteiger charge is -2.04. The van der Waals surface area contributed by atoms with Gasteiger partial charge in [0.2, 0.25) is 0 Å². The normalized spacial score (nSPS) is 11.3. The van der Waals surface area contributed by atoms with Gasteiger partial charge in [0.15, 0.2) is 0 Å². The van der Waals surface area contributed by atoms with E-state index in [9.17, 15) is 0 Å². The molecule has 0 fully saturated rings. The predicted molar refractivity (Wildman–Crippen MR) is 59.3 cm³/mol. The molecule has 0 radical (unpaired) electrons. The van der Waals surface area contributed by atoms with E-state index in [1.54, 1.807) is 0 Å². The van der Waals surface area contributed by atoms with Crippen molar-refractivity contribution in [2.24, 2.45) is 0 Å². The van der Waals surface area contributed by atoms with E-state index in [0.29, 0.717) is 0 Å². The third kappa shape index (κ3) is 2.48. The van der Waals surface area contributed by atoms with Crippen LogP contribution in [0.4, 0.5) is 5.69 Å². The van der Waals surface area contributed by atoms with E-state index >= 15 is 0 Å². The summed E-state index contributed by atoms with van der Waals surface area (Å²) in [6.07, 6.45) is 4.92. The minimum absolute atomic E-state index is 0.804. The first-order valence-electron chi connectivity index (χ1n) is 4.40. The fourth-order valence-electron chi connectivity index (χ4n) is 1.26. The molecule has 0 heterocycles. The highest BCUT2D eigenvalue weighted by molar-refractivity contribution is 5.67. The van der Waals surface area contributed by atoms with Gasteiger partial charge in [0.05, 0.1) is 0 Å². The summed E-state index contributed by atoms with van der Waals surface area (Å²) < 4.78 is 0. The number of anilines is 1. The Kier molecular flexibility index (Phi) is 3.32. The Bertz CT molecular complexity index is 306. The highest BCUT2D eigenvalue weighted by Crippen LogP contribution is 2.19. The molecule has 68 valence electrons. The quantitative estimate of drug-likeness (QED) is 0.551. The van der Waals surface area contributed by atoms with Gasteiger partial charge in [-0.3, -0.25) is 0 Å². The second-order valence-corrected chi connectivity index (χ2v) is 2.93. The number of nitrogens with two attached hydrogens (primary N) is 1. The zero-order chi connectivity index (χ0) is 9.68. The molecule has 1 heteroatoms. The highest BCUT2D eigenvalue weighted by atomic mass is 14.5. The van der Waals surface area contributed by atoms with Crippen LogP contribution >= 0.6 is 0 Å². The number of nitrogen functional groups attached to an aromatic ring is 1. The van der Waals surface area contributed by atoms with E-state index in [4.69, 9.17) is 5.73 Å². The minimum Gasteiger partial charge on any atom is -0.399 e. The van der Waals surface area contributed by atoms with Crippen molar-refractivity contribution < 1.29 is 0 Å². The van der Waals surface area contributed by atoms with E-state index in [1.165, 1.54) is 11.1 Å². The molecule has 0 bridgehead atoms. The van der Waals surface area contributed by atoms with Crippen LogP contribution in [0.1, 0.15) is 18.9 Å². The molecule has 1 rings (SSSR count). The first-order chi connectivity index (χ1) is 6.27. The number of allylic oxidation sites excluding steroid dienone is 3. The van der Waals surface area contributed by atoms with Crippen LogP contribution in [0.5, 0.6) is 0 Å². The molecule has 0 saturated heterocycles. The molecule has 1 aromatic rings. The van der Waals surface area contributed by atoms with Gasteiger partial charge in [-0.2, -0.15) is 0 Å². The number of benzene rings is 1. The number of hydrogen-bond acceptors (Lipinski definition) is 1. The zero-order valence-electron chi connectivity index (χ0n) is 7.96. The fourth-order valence-corrected chi connectivity index (χ4v) is 1.26. The number of rotatable bonds is 3. The Labute approximate surface area is 79.6 Å². The summed E-state index contributed by atoms with van der Waals surface area (Å²) in [7, 11) is 0. The molecule has 0 aliphatic heterocycles. The van der Waals surface area contributed by atoms with Crippen LogP contribution < -0.4 is 5.73 Å². The summed E-state index contributed by atoms with van der Waals surface area (Å²) in [6, 6.07) is 7.91. The van der Waals surface area contributed by atoms with Gasteiger partial charge in [-0.15, -0.1) is 6.58 Å². The van der Waals surface area contributed by atoms with Gasteiger partial charge in [0.25, 0.3) is 0 Å². The molecule has 1 aromatic carbocycles. The lowest BCUT2D eigenvalue weighted by atomic mass is 10.0. The third-order valence-corrected chi connectivity index (χ3v) is 1.99. The maximum atomic E-state index is 5.60. The van der Waals surface area contributed by atoms with Gasteiger partial charge in [0.1, 0.15) is 0 Å². The van der Waals surface area contributed by atoms with Gasteiger partial charge >= 0.3 is 0 Å². The molecule has 0 unspecified atom stereocenters. The second kappa shape index (κ2) is 4.51. The molecule has 0 aliphatic carbocycles. The van der Waals surface area contributed by atoms with Crippen molar-refractivity contribution in [2.75, 3.05) is 5.73 Å². The Balaban J connectivity index is 2.92. The highest BCUT2D eigenvalue weighted by Gasteiger charge is 1.96. The SMILES string of the molecule is C=CC/C(=C\C)c1ccc(N)cc1. The maximum Gasteiger partial charge on any atom is 0.0314 e.